The van der Waals surface area contributed by atoms with Crippen LogP contribution in [-0.2, 0) is 19.7 Å². The summed E-state index contributed by atoms with van der Waals surface area (Å²) in [4.78, 5) is 28.4. The molecule has 3 heterocycles. The quantitative estimate of drug-likeness (QED) is 0.806. The van der Waals surface area contributed by atoms with Gasteiger partial charge in [0.25, 0.3) is 0 Å². The lowest BCUT2D eigenvalue weighted by Crippen LogP contribution is -2.56. The molecule has 5 heteroatoms. The lowest BCUT2D eigenvalue weighted by molar-refractivity contribution is -0.145. The lowest BCUT2D eigenvalue weighted by Gasteiger charge is -2.50. The second kappa shape index (κ2) is 8.70. The number of rotatable bonds is 3. The first kappa shape index (κ1) is 21.2. The average Bonchev–Trinajstić information content (AvgIpc) is 2.86. The molecule has 2 amide bonds. The molecule has 1 spiro atoms. The van der Waals surface area contributed by atoms with Crippen LogP contribution in [0.5, 0.6) is 0 Å². The van der Waals surface area contributed by atoms with Crippen LogP contribution in [0.15, 0.2) is 60.7 Å². The first-order valence-electron chi connectivity index (χ1n) is 11.9. The van der Waals surface area contributed by atoms with Gasteiger partial charge in [-0.25, -0.2) is 0 Å². The number of likely N-dealkylation sites (tertiary alicyclic amines) is 1. The molecule has 3 fully saturated rings. The van der Waals surface area contributed by atoms with E-state index in [-0.39, 0.29) is 17.2 Å². The molecule has 5 nitrogen and oxygen atoms in total. The molecule has 2 aromatic carbocycles. The number of benzene rings is 2. The van der Waals surface area contributed by atoms with E-state index in [1.165, 1.54) is 5.56 Å². The molecule has 3 aliphatic rings. The van der Waals surface area contributed by atoms with Gasteiger partial charge in [-0.05, 0) is 42.2 Å². The number of carbonyl (C=O) groups excluding carboxylic acids is 2. The van der Waals surface area contributed by atoms with Crippen molar-refractivity contribution in [1.29, 1.82) is 0 Å². The van der Waals surface area contributed by atoms with Crippen LogP contribution in [0.25, 0.3) is 0 Å². The zero-order valence-corrected chi connectivity index (χ0v) is 18.6. The summed E-state index contributed by atoms with van der Waals surface area (Å²) < 4.78 is 5.63. The number of piperidine rings is 2. The van der Waals surface area contributed by atoms with Crippen LogP contribution in [-0.4, -0.2) is 49.6 Å². The molecule has 1 unspecified atom stereocenters. The van der Waals surface area contributed by atoms with Crippen molar-refractivity contribution in [2.45, 2.75) is 43.4 Å². The first-order valence-corrected chi connectivity index (χ1v) is 11.9. The highest BCUT2D eigenvalue weighted by Gasteiger charge is 2.50. The molecule has 1 atom stereocenters. The fourth-order valence-corrected chi connectivity index (χ4v) is 6.18. The maximum atomic E-state index is 14.0. The molecule has 3 saturated heterocycles. The van der Waals surface area contributed by atoms with E-state index in [1.54, 1.807) is 0 Å². The monoisotopic (exact) mass is 432 g/mol. The van der Waals surface area contributed by atoms with Crippen molar-refractivity contribution in [1.82, 2.24) is 10.2 Å². The van der Waals surface area contributed by atoms with Crippen LogP contribution in [0.4, 0.5) is 0 Å². The summed E-state index contributed by atoms with van der Waals surface area (Å²) in [5.41, 5.74) is 1.83. The summed E-state index contributed by atoms with van der Waals surface area (Å²) in [6.45, 7) is 3.35. The maximum absolute atomic E-state index is 14.0. The van der Waals surface area contributed by atoms with Crippen LogP contribution in [0, 0.1) is 5.41 Å². The fraction of sp³-hybridized carbons (Fsp3) is 0.481. The summed E-state index contributed by atoms with van der Waals surface area (Å²) in [6.07, 6.45) is 3.74. The number of ether oxygens (including phenoxy) is 1. The van der Waals surface area contributed by atoms with Crippen molar-refractivity contribution in [3.63, 3.8) is 0 Å². The molecule has 0 radical (unpaired) electrons. The number of hydrogen-bond donors (Lipinski definition) is 1. The Bertz CT molecular complexity index is 945. The number of hydrogen-bond acceptors (Lipinski definition) is 3. The van der Waals surface area contributed by atoms with Crippen molar-refractivity contribution >= 4 is 11.8 Å². The first-order chi connectivity index (χ1) is 15.6. The predicted octanol–water partition coefficient (Wildman–Crippen LogP) is 3.65. The third kappa shape index (κ3) is 3.73. The summed E-state index contributed by atoms with van der Waals surface area (Å²) in [5, 5.41) is 3.08. The van der Waals surface area contributed by atoms with Crippen LogP contribution < -0.4 is 5.32 Å². The largest absolute Gasteiger partial charge is 0.381 e. The third-order valence-corrected chi connectivity index (χ3v) is 8.09. The minimum Gasteiger partial charge on any atom is -0.381 e. The third-order valence-electron chi connectivity index (χ3n) is 8.09. The predicted molar refractivity (Wildman–Crippen MR) is 123 cm³/mol. The second-order valence-corrected chi connectivity index (χ2v) is 9.66. The van der Waals surface area contributed by atoms with Gasteiger partial charge in [-0.2, -0.15) is 0 Å². The molecule has 0 saturated carbocycles. The van der Waals surface area contributed by atoms with E-state index in [4.69, 9.17) is 4.74 Å². The molecule has 5 rings (SSSR count). The van der Waals surface area contributed by atoms with Crippen LogP contribution in [0.1, 0.15) is 49.1 Å². The van der Waals surface area contributed by atoms with Crippen LogP contribution in [0.3, 0.4) is 0 Å². The Balaban J connectivity index is 1.38. The number of carbonyl (C=O) groups is 2. The summed E-state index contributed by atoms with van der Waals surface area (Å²) >= 11 is 0. The van der Waals surface area contributed by atoms with Gasteiger partial charge in [0.1, 0.15) is 0 Å². The molecule has 3 aliphatic heterocycles. The highest BCUT2D eigenvalue weighted by atomic mass is 16.5. The zero-order valence-electron chi connectivity index (χ0n) is 18.6. The summed E-state index contributed by atoms with van der Waals surface area (Å²) in [5.74, 6) is 0.672. The van der Waals surface area contributed by atoms with E-state index in [0.717, 1.165) is 31.2 Å². The number of nitrogens with zero attached hydrogens (tertiary/aromatic N) is 1. The van der Waals surface area contributed by atoms with Gasteiger partial charge < -0.3 is 15.0 Å². The van der Waals surface area contributed by atoms with Crippen molar-refractivity contribution in [3.05, 3.63) is 71.8 Å². The van der Waals surface area contributed by atoms with Gasteiger partial charge in [-0.15, -0.1) is 0 Å². The van der Waals surface area contributed by atoms with Gasteiger partial charge in [-0.1, -0.05) is 60.7 Å². The summed E-state index contributed by atoms with van der Waals surface area (Å²) in [6, 6.07) is 20.8. The SMILES string of the molecule is O=C1CC2(CCN(C(=O)C3(c4ccccc4)CCOCC3)CC2)C(c2ccccc2)CN1. The Kier molecular flexibility index (Phi) is 5.76. The van der Waals surface area contributed by atoms with E-state index in [9.17, 15) is 9.59 Å². The van der Waals surface area contributed by atoms with Crippen molar-refractivity contribution in [3.8, 4) is 0 Å². The standard InChI is InChI=1S/C27H32N2O3/c30-24-19-26(23(20-28-24)21-7-3-1-4-8-21)11-15-29(16-12-26)25(31)27(13-17-32-18-14-27)22-9-5-2-6-10-22/h1-10,23H,11-20H2,(H,28,30). The molecule has 168 valence electrons. The molecule has 0 bridgehead atoms. The molecular weight excluding hydrogens is 400 g/mol. The van der Waals surface area contributed by atoms with Crippen LogP contribution >= 0.6 is 0 Å². The van der Waals surface area contributed by atoms with Gasteiger partial charge in [0, 0.05) is 45.2 Å². The van der Waals surface area contributed by atoms with E-state index in [1.807, 2.05) is 24.3 Å². The van der Waals surface area contributed by atoms with Gasteiger partial charge >= 0.3 is 0 Å². The van der Waals surface area contributed by atoms with E-state index < -0.39 is 5.41 Å². The minimum atomic E-state index is -0.493. The number of amides is 2. The Morgan fingerprint density at radius 2 is 1.53 bits per heavy atom. The lowest BCUT2D eigenvalue weighted by atomic mass is 9.62. The van der Waals surface area contributed by atoms with Gasteiger partial charge in [0.05, 0.1) is 5.41 Å². The highest BCUT2D eigenvalue weighted by Crippen LogP contribution is 2.49. The molecule has 2 aromatic rings. The highest BCUT2D eigenvalue weighted by molar-refractivity contribution is 5.88. The van der Waals surface area contributed by atoms with E-state index in [2.05, 4.69) is 46.6 Å². The molecule has 0 aromatic heterocycles. The van der Waals surface area contributed by atoms with E-state index >= 15 is 0 Å². The molecule has 32 heavy (non-hydrogen) atoms. The molecule has 0 aliphatic carbocycles. The van der Waals surface area contributed by atoms with Crippen molar-refractivity contribution in [2.75, 3.05) is 32.8 Å². The molecule has 1 N–H and O–H groups in total. The summed E-state index contributed by atoms with van der Waals surface area (Å²) in [7, 11) is 0. The zero-order chi connectivity index (χ0) is 22.0. The Morgan fingerprint density at radius 1 is 0.906 bits per heavy atom. The maximum Gasteiger partial charge on any atom is 0.233 e. The Morgan fingerprint density at radius 3 is 2.19 bits per heavy atom. The van der Waals surface area contributed by atoms with Gasteiger partial charge in [0.15, 0.2) is 0 Å². The number of nitrogens with one attached hydrogen (secondary N) is 1. The van der Waals surface area contributed by atoms with Crippen LogP contribution in [0.2, 0.25) is 0 Å². The molecular formula is C27H32N2O3. The Hall–Kier alpha value is -2.66. The average molecular weight is 433 g/mol. The smallest absolute Gasteiger partial charge is 0.233 e. The second-order valence-electron chi connectivity index (χ2n) is 9.66. The topological polar surface area (TPSA) is 58.6 Å². The normalized spacial score (nSPS) is 24.7. The van der Waals surface area contributed by atoms with Gasteiger partial charge in [-0.3, -0.25) is 9.59 Å². The van der Waals surface area contributed by atoms with Crippen molar-refractivity contribution < 1.29 is 14.3 Å². The van der Waals surface area contributed by atoms with Gasteiger partial charge in [0.2, 0.25) is 11.8 Å². The minimum absolute atomic E-state index is 0.0734. The Labute approximate surface area is 190 Å². The van der Waals surface area contributed by atoms with E-state index in [0.29, 0.717) is 45.2 Å². The fourth-order valence-electron chi connectivity index (χ4n) is 6.18. The van der Waals surface area contributed by atoms with Crippen molar-refractivity contribution in [2.24, 2.45) is 5.41 Å².